The molecule has 1 aromatic rings. The zero-order valence-corrected chi connectivity index (χ0v) is 11.2. The molecule has 0 amide bonds. The number of aliphatic imine (C=N–C) groups is 1. The van der Waals surface area contributed by atoms with E-state index in [9.17, 15) is 10.1 Å². The Bertz CT molecular complexity index is 417. The summed E-state index contributed by atoms with van der Waals surface area (Å²) in [5.74, 6) is 0.443. The SMILES string of the molecule is CN(C)C(C[N+](=O)[O-])=NCc1ccc(Br)nc1. The fraction of sp³-hybridized carbons (Fsp3) is 0.400. The average Bonchev–Trinajstić information content (AvgIpc) is 2.25. The first-order valence-corrected chi connectivity index (χ1v) is 5.71. The largest absolute Gasteiger partial charge is 0.361 e. The number of rotatable bonds is 4. The van der Waals surface area contributed by atoms with E-state index in [1.165, 1.54) is 0 Å². The van der Waals surface area contributed by atoms with Gasteiger partial charge in [-0.2, -0.15) is 0 Å². The van der Waals surface area contributed by atoms with Crippen LogP contribution in [0.15, 0.2) is 27.9 Å². The Morgan fingerprint density at radius 1 is 1.59 bits per heavy atom. The second-order valence-electron chi connectivity index (χ2n) is 3.61. The summed E-state index contributed by atoms with van der Waals surface area (Å²) >= 11 is 3.24. The van der Waals surface area contributed by atoms with Crippen molar-refractivity contribution >= 4 is 21.8 Å². The van der Waals surface area contributed by atoms with Crippen molar-refractivity contribution in [3.63, 3.8) is 0 Å². The smallest absolute Gasteiger partial charge is 0.260 e. The van der Waals surface area contributed by atoms with Gasteiger partial charge >= 0.3 is 0 Å². The van der Waals surface area contributed by atoms with Gasteiger partial charge in [-0.15, -0.1) is 0 Å². The lowest BCUT2D eigenvalue weighted by Crippen LogP contribution is -2.29. The summed E-state index contributed by atoms with van der Waals surface area (Å²) in [6.45, 7) is 0.124. The monoisotopic (exact) mass is 300 g/mol. The molecule has 0 spiro atoms. The van der Waals surface area contributed by atoms with Gasteiger partial charge in [0.1, 0.15) is 4.60 Å². The fourth-order valence-electron chi connectivity index (χ4n) is 1.13. The van der Waals surface area contributed by atoms with Gasteiger partial charge in [0.15, 0.2) is 5.84 Å². The van der Waals surface area contributed by atoms with Gasteiger partial charge in [0.25, 0.3) is 6.54 Å². The topological polar surface area (TPSA) is 71.6 Å². The van der Waals surface area contributed by atoms with E-state index in [1.54, 1.807) is 25.2 Å². The lowest BCUT2D eigenvalue weighted by molar-refractivity contribution is -0.464. The van der Waals surface area contributed by atoms with E-state index in [-0.39, 0.29) is 6.54 Å². The molecule has 0 saturated heterocycles. The maximum Gasteiger partial charge on any atom is 0.260 e. The van der Waals surface area contributed by atoms with Crippen LogP contribution in [-0.4, -0.2) is 41.3 Å². The first-order chi connectivity index (χ1) is 7.99. The molecule has 1 rings (SSSR count). The van der Waals surface area contributed by atoms with Crippen LogP contribution in [-0.2, 0) is 6.54 Å². The van der Waals surface area contributed by atoms with Crippen LogP contribution in [0.4, 0.5) is 0 Å². The molecule has 0 aliphatic rings. The van der Waals surface area contributed by atoms with Crippen molar-refractivity contribution in [1.29, 1.82) is 0 Å². The van der Waals surface area contributed by atoms with Crippen molar-refractivity contribution in [1.82, 2.24) is 9.88 Å². The van der Waals surface area contributed by atoms with Gasteiger partial charge in [-0.05, 0) is 27.6 Å². The molecule has 0 atom stereocenters. The third kappa shape index (κ3) is 4.90. The first-order valence-electron chi connectivity index (χ1n) is 4.92. The fourth-order valence-corrected chi connectivity index (χ4v) is 1.37. The summed E-state index contributed by atoms with van der Waals surface area (Å²) in [5.41, 5.74) is 0.913. The van der Waals surface area contributed by atoms with Gasteiger partial charge in [0.05, 0.1) is 6.54 Å². The van der Waals surface area contributed by atoms with Gasteiger partial charge in [-0.3, -0.25) is 15.1 Å². The third-order valence-corrected chi connectivity index (χ3v) is 2.49. The Hall–Kier alpha value is -1.50. The minimum atomic E-state index is -0.390. The second-order valence-corrected chi connectivity index (χ2v) is 4.42. The molecule has 0 N–H and O–H groups in total. The lowest BCUT2D eigenvalue weighted by Gasteiger charge is -2.11. The van der Waals surface area contributed by atoms with Crippen molar-refractivity contribution in [2.75, 3.05) is 20.6 Å². The Morgan fingerprint density at radius 2 is 2.29 bits per heavy atom. The summed E-state index contributed by atoms with van der Waals surface area (Å²) in [4.78, 5) is 20.0. The number of likely N-dealkylation sites (N-methyl/N-ethyl adjacent to an activating group) is 1. The third-order valence-electron chi connectivity index (χ3n) is 2.02. The Balaban J connectivity index is 2.72. The second kappa shape index (κ2) is 6.29. The summed E-state index contributed by atoms with van der Waals surface area (Å²) < 4.78 is 0.753. The molecule has 1 heterocycles. The normalized spacial score (nSPS) is 11.4. The van der Waals surface area contributed by atoms with E-state index in [0.29, 0.717) is 12.4 Å². The molecular weight excluding hydrogens is 288 g/mol. The number of amidine groups is 1. The number of halogens is 1. The zero-order valence-electron chi connectivity index (χ0n) is 9.63. The first kappa shape index (κ1) is 13.6. The Morgan fingerprint density at radius 3 is 2.76 bits per heavy atom. The van der Waals surface area contributed by atoms with Gasteiger partial charge in [-0.1, -0.05) is 6.07 Å². The zero-order chi connectivity index (χ0) is 12.8. The molecule has 0 aromatic carbocycles. The molecule has 0 unspecified atom stereocenters. The van der Waals surface area contributed by atoms with Crippen LogP contribution >= 0.6 is 15.9 Å². The van der Waals surface area contributed by atoms with E-state index in [2.05, 4.69) is 25.9 Å². The van der Waals surface area contributed by atoms with Crippen LogP contribution in [0.5, 0.6) is 0 Å². The minimum absolute atomic E-state index is 0.267. The van der Waals surface area contributed by atoms with Crippen LogP contribution in [0, 0.1) is 10.1 Å². The number of pyridine rings is 1. The average molecular weight is 301 g/mol. The number of nitrogens with zero attached hydrogens (tertiary/aromatic N) is 4. The van der Waals surface area contributed by atoms with Crippen molar-refractivity contribution in [2.45, 2.75) is 6.54 Å². The van der Waals surface area contributed by atoms with Gasteiger partial charge in [0.2, 0.25) is 0 Å². The maximum atomic E-state index is 10.4. The molecule has 0 bridgehead atoms. The molecule has 0 saturated carbocycles. The van der Waals surface area contributed by atoms with E-state index >= 15 is 0 Å². The quantitative estimate of drug-likeness (QED) is 0.278. The number of nitro groups is 1. The molecule has 0 radical (unpaired) electrons. The van der Waals surface area contributed by atoms with E-state index in [4.69, 9.17) is 0 Å². The maximum absolute atomic E-state index is 10.4. The minimum Gasteiger partial charge on any atom is -0.361 e. The van der Waals surface area contributed by atoms with Gasteiger partial charge in [-0.25, -0.2) is 4.98 Å². The molecule has 92 valence electrons. The Labute approximate surface area is 108 Å². The number of aromatic nitrogens is 1. The summed E-state index contributed by atoms with van der Waals surface area (Å²) in [5, 5.41) is 10.4. The predicted molar refractivity (Wildman–Crippen MR) is 68.6 cm³/mol. The lowest BCUT2D eigenvalue weighted by atomic mass is 10.3. The number of hydrogen-bond acceptors (Lipinski definition) is 4. The molecular formula is C10H13BrN4O2. The highest BCUT2D eigenvalue weighted by Gasteiger charge is 2.09. The summed E-state index contributed by atoms with van der Waals surface area (Å²) in [6.07, 6.45) is 1.69. The van der Waals surface area contributed by atoms with Crippen molar-refractivity contribution < 1.29 is 4.92 Å². The van der Waals surface area contributed by atoms with Crippen LogP contribution in [0.25, 0.3) is 0 Å². The van der Waals surface area contributed by atoms with Crippen molar-refractivity contribution in [3.05, 3.63) is 38.6 Å². The highest BCUT2D eigenvalue weighted by molar-refractivity contribution is 9.10. The van der Waals surface area contributed by atoms with E-state index in [1.807, 2.05) is 12.1 Å². The molecule has 6 nitrogen and oxygen atoms in total. The molecule has 17 heavy (non-hydrogen) atoms. The molecule has 1 aromatic heterocycles. The van der Waals surface area contributed by atoms with E-state index < -0.39 is 4.92 Å². The molecule has 0 aliphatic carbocycles. The standard InChI is InChI=1S/C10H13BrN4O2/c1-14(2)10(7-15(16)17)13-6-8-3-4-9(11)12-5-8/h3-5H,6-7H2,1-2H3. The van der Waals surface area contributed by atoms with Crippen molar-refractivity contribution in [3.8, 4) is 0 Å². The molecule has 0 aliphatic heterocycles. The number of hydrogen-bond donors (Lipinski definition) is 0. The predicted octanol–water partition coefficient (Wildman–Crippen LogP) is 1.58. The molecule has 7 heteroatoms. The van der Waals surface area contributed by atoms with Crippen LogP contribution in [0.1, 0.15) is 5.56 Å². The Kier molecular flexibility index (Phi) is 5.02. The van der Waals surface area contributed by atoms with Gasteiger partial charge < -0.3 is 4.90 Å². The van der Waals surface area contributed by atoms with Gasteiger partial charge in [0, 0.05) is 25.2 Å². The summed E-state index contributed by atoms with van der Waals surface area (Å²) in [6, 6.07) is 3.69. The van der Waals surface area contributed by atoms with Crippen LogP contribution < -0.4 is 0 Å². The highest BCUT2D eigenvalue weighted by atomic mass is 79.9. The van der Waals surface area contributed by atoms with Crippen molar-refractivity contribution in [2.24, 2.45) is 4.99 Å². The van der Waals surface area contributed by atoms with E-state index in [0.717, 1.165) is 10.2 Å². The van der Waals surface area contributed by atoms with Crippen LogP contribution in [0.3, 0.4) is 0 Å². The highest BCUT2D eigenvalue weighted by Crippen LogP contribution is 2.07. The van der Waals surface area contributed by atoms with Crippen LogP contribution in [0.2, 0.25) is 0 Å². The molecule has 0 fully saturated rings. The summed E-state index contributed by atoms with van der Waals surface area (Å²) in [7, 11) is 3.48.